The summed E-state index contributed by atoms with van der Waals surface area (Å²) in [4.78, 5) is 0. The SMILES string of the molecule is CC(C)(C[n+]1cn(C(C)(C)C)nn1)c1nn[nH]n1. The monoisotopic (exact) mass is 251 g/mol. The van der Waals surface area contributed by atoms with Crippen LogP contribution in [-0.4, -0.2) is 35.7 Å². The minimum absolute atomic E-state index is 0.0749. The molecule has 0 aliphatic carbocycles. The van der Waals surface area contributed by atoms with Gasteiger partial charge in [-0.25, -0.2) is 0 Å². The molecule has 0 spiro atoms. The molecule has 2 rings (SSSR count). The number of aromatic amines is 1. The molecule has 18 heavy (non-hydrogen) atoms. The number of nitrogens with zero attached hydrogens (tertiary/aromatic N) is 7. The Kier molecular flexibility index (Phi) is 2.88. The van der Waals surface area contributed by atoms with E-state index in [4.69, 9.17) is 0 Å². The van der Waals surface area contributed by atoms with Gasteiger partial charge in [0.1, 0.15) is 17.3 Å². The van der Waals surface area contributed by atoms with E-state index in [-0.39, 0.29) is 11.0 Å². The van der Waals surface area contributed by atoms with Crippen LogP contribution in [0.5, 0.6) is 0 Å². The molecule has 0 unspecified atom stereocenters. The van der Waals surface area contributed by atoms with Gasteiger partial charge in [0.15, 0.2) is 11.0 Å². The summed E-state index contributed by atoms with van der Waals surface area (Å²) in [5.41, 5.74) is -0.328. The molecule has 8 nitrogen and oxygen atoms in total. The first kappa shape index (κ1) is 12.6. The van der Waals surface area contributed by atoms with Crippen molar-refractivity contribution in [3.63, 3.8) is 0 Å². The molecule has 2 aromatic rings. The van der Waals surface area contributed by atoms with E-state index in [1.54, 1.807) is 4.68 Å². The van der Waals surface area contributed by atoms with Crippen molar-refractivity contribution in [2.24, 2.45) is 0 Å². The summed E-state index contributed by atoms with van der Waals surface area (Å²) in [6, 6.07) is 0. The third-order valence-corrected chi connectivity index (χ3v) is 2.69. The molecule has 2 heterocycles. The van der Waals surface area contributed by atoms with Crippen LogP contribution in [0, 0.1) is 0 Å². The van der Waals surface area contributed by atoms with Crippen LogP contribution in [0.2, 0.25) is 0 Å². The summed E-state index contributed by atoms with van der Waals surface area (Å²) in [6.45, 7) is 11.0. The highest BCUT2D eigenvalue weighted by Gasteiger charge is 2.30. The molecule has 0 aromatic carbocycles. The van der Waals surface area contributed by atoms with Gasteiger partial charge in [-0.15, -0.1) is 14.9 Å². The average molecular weight is 251 g/mol. The fourth-order valence-corrected chi connectivity index (χ4v) is 1.57. The third kappa shape index (κ3) is 2.52. The molecule has 0 aliphatic rings. The highest BCUT2D eigenvalue weighted by Crippen LogP contribution is 2.18. The Hall–Kier alpha value is -1.86. The summed E-state index contributed by atoms with van der Waals surface area (Å²) < 4.78 is 3.63. The first-order valence-electron chi connectivity index (χ1n) is 5.85. The van der Waals surface area contributed by atoms with E-state index in [9.17, 15) is 0 Å². The van der Waals surface area contributed by atoms with Gasteiger partial charge in [-0.1, -0.05) is 9.90 Å². The van der Waals surface area contributed by atoms with Gasteiger partial charge in [-0.3, -0.25) is 0 Å². The Morgan fingerprint density at radius 2 is 2.00 bits per heavy atom. The Balaban J connectivity index is 2.17. The average Bonchev–Trinajstić information content (AvgIpc) is 2.83. The zero-order valence-electron chi connectivity index (χ0n) is 11.4. The number of nitrogens with one attached hydrogen (secondary N) is 1. The molecule has 0 bridgehead atoms. The van der Waals surface area contributed by atoms with Crippen molar-refractivity contribution < 1.29 is 4.68 Å². The first-order valence-corrected chi connectivity index (χ1v) is 5.85. The van der Waals surface area contributed by atoms with Gasteiger partial charge >= 0.3 is 0 Å². The summed E-state index contributed by atoms with van der Waals surface area (Å²) in [6.07, 6.45) is 1.89. The Morgan fingerprint density at radius 3 is 2.50 bits per heavy atom. The van der Waals surface area contributed by atoms with Gasteiger partial charge in [0.2, 0.25) is 6.33 Å². The molecule has 0 saturated heterocycles. The Bertz CT molecular complexity index is 504. The van der Waals surface area contributed by atoms with E-state index < -0.39 is 0 Å². The minimum atomic E-state index is -0.254. The normalized spacial score (nSPS) is 12.9. The molecule has 0 fully saturated rings. The summed E-state index contributed by atoms with van der Waals surface area (Å²) in [5, 5.41) is 22.3. The number of tetrazole rings is 2. The minimum Gasteiger partial charge on any atom is -0.177 e. The van der Waals surface area contributed by atoms with Crippen molar-refractivity contribution in [1.29, 1.82) is 0 Å². The lowest BCUT2D eigenvalue weighted by atomic mass is 9.93. The molecule has 0 amide bonds. The maximum absolute atomic E-state index is 4.12. The van der Waals surface area contributed by atoms with E-state index in [1.165, 1.54) is 0 Å². The fourth-order valence-electron chi connectivity index (χ4n) is 1.57. The molecule has 2 aromatic heterocycles. The Morgan fingerprint density at radius 1 is 1.28 bits per heavy atom. The molecular formula is C10H19N8+. The number of hydrogen-bond donors (Lipinski definition) is 1. The number of H-pyrrole nitrogens is 1. The molecule has 0 saturated carbocycles. The van der Waals surface area contributed by atoms with Gasteiger partial charge in [-0.05, 0) is 34.6 Å². The van der Waals surface area contributed by atoms with E-state index >= 15 is 0 Å². The molecular weight excluding hydrogens is 232 g/mol. The number of hydrogen-bond acceptors (Lipinski definition) is 5. The lowest BCUT2D eigenvalue weighted by molar-refractivity contribution is -0.761. The topological polar surface area (TPSA) is 89.0 Å². The van der Waals surface area contributed by atoms with Crippen molar-refractivity contribution in [3.8, 4) is 0 Å². The number of aromatic nitrogens is 8. The third-order valence-electron chi connectivity index (χ3n) is 2.69. The second-order valence-corrected chi connectivity index (χ2v) is 6.03. The van der Waals surface area contributed by atoms with Crippen LogP contribution >= 0.6 is 0 Å². The molecule has 8 heteroatoms. The van der Waals surface area contributed by atoms with Gasteiger partial charge in [-0.2, -0.15) is 5.21 Å². The summed E-state index contributed by atoms with van der Waals surface area (Å²) in [5.74, 6) is 0.667. The molecule has 0 atom stereocenters. The molecule has 0 radical (unpaired) electrons. The zero-order chi connectivity index (χ0) is 13.4. The van der Waals surface area contributed by atoms with Crippen LogP contribution in [0.4, 0.5) is 0 Å². The van der Waals surface area contributed by atoms with E-state index in [2.05, 4.69) is 51.8 Å². The van der Waals surface area contributed by atoms with Crippen LogP contribution in [-0.2, 0) is 17.5 Å². The highest BCUT2D eigenvalue weighted by atomic mass is 15.6. The lowest BCUT2D eigenvalue weighted by Gasteiger charge is -2.16. The maximum atomic E-state index is 4.12. The Labute approximate surface area is 105 Å². The maximum Gasteiger partial charge on any atom is 0.245 e. The van der Waals surface area contributed by atoms with Crippen molar-refractivity contribution in [2.45, 2.75) is 52.1 Å². The van der Waals surface area contributed by atoms with Gasteiger partial charge in [0, 0.05) is 0 Å². The fraction of sp³-hybridized carbons (Fsp3) is 0.800. The predicted octanol–water partition coefficient (Wildman–Crippen LogP) is -0.188. The quantitative estimate of drug-likeness (QED) is 0.764. The van der Waals surface area contributed by atoms with Crippen molar-refractivity contribution in [1.82, 2.24) is 35.7 Å². The van der Waals surface area contributed by atoms with Crippen LogP contribution in [0.1, 0.15) is 40.4 Å². The zero-order valence-corrected chi connectivity index (χ0v) is 11.4. The van der Waals surface area contributed by atoms with Crippen molar-refractivity contribution >= 4 is 0 Å². The van der Waals surface area contributed by atoms with Crippen molar-refractivity contribution in [2.75, 3.05) is 0 Å². The van der Waals surface area contributed by atoms with Gasteiger partial charge < -0.3 is 0 Å². The summed E-state index contributed by atoms with van der Waals surface area (Å²) >= 11 is 0. The molecule has 98 valence electrons. The van der Waals surface area contributed by atoms with Crippen LogP contribution in [0.25, 0.3) is 0 Å². The standard InChI is InChI=1S/C10H19N8/c1-9(2,3)18-7-17(15-16-18)6-10(4,5)8-11-13-14-12-8/h7H,6H2,1-5H3,(H,11,12,13,14)/q+1. The van der Waals surface area contributed by atoms with Crippen LogP contribution in [0.15, 0.2) is 6.33 Å². The van der Waals surface area contributed by atoms with Gasteiger partial charge in [0.25, 0.3) is 0 Å². The van der Waals surface area contributed by atoms with Crippen molar-refractivity contribution in [3.05, 3.63) is 12.2 Å². The van der Waals surface area contributed by atoms with E-state index in [0.717, 1.165) is 0 Å². The van der Waals surface area contributed by atoms with Gasteiger partial charge in [0.05, 0.1) is 5.41 Å². The van der Waals surface area contributed by atoms with E-state index in [0.29, 0.717) is 12.4 Å². The van der Waals surface area contributed by atoms with Crippen LogP contribution in [0.3, 0.4) is 0 Å². The first-order chi connectivity index (χ1) is 8.29. The predicted molar refractivity (Wildman–Crippen MR) is 62.4 cm³/mol. The smallest absolute Gasteiger partial charge is 0.177 e. The second-order valence-electron chi connectivity index (χ2n) is 6.03. The lowest BCUT2D eigenvalue weighted by Crippen LogP contribution is -2.45. The van der Waals surface area contributed by atoms with E-state index in [1.807, 2.05) is 24.9 Å². The summed E-state index contributed by atoms with van der Waals surface area (Å²) in [7, 11) is 0. The highest BCUT2D eigenvalue weighted by molar-refractivity contribution is 4.96. The molecule has 1 N–H and O–H groups in total. The van der Waals surface area contributed by atoms with Crippen LogP contribution < -0.4 is 4.68 Å². The largest absolute Gasteiger partial charge is 0.245 e. The second kappa shape index (κ2) is 4.11. The molecule has 0 aliphatic heterocycles. The number of rotatable bonds is 3.